The van der Waals surface area contributed by atoms with Gasteiger partial charge in [0.05, 0.1) is 40.7 Å². The smallest absolute Gasteiger partial charge is 0.275 e. The monoisotopic (exact) mass is 892 g/mol. The van der Waals surface area contributed by atoms with Crippen LogP contribution in [-0.4, -0.2) is 67.7 Å². The summed E-state index contributed by atoms with van der Waals surface area (Å²) in [5.74, 6) is 1.36. The summed E-state index contributed by atoms with van der Waals surface area (Å²) in [4.78, 5) is 22.2. The largest absolute Gasteiger partial charge is 0.494 e. The van der Waals surface area contributed by atoms with Crippen LogP contribution in [0.3, 0.4) is 0 Å². The van der Waals surface area contributed by atoms with Crippen LogP contribution in [0.5, 0.6) is 5.75 Å². The molecule has 1 unspecified atom stereocenters. The number of nitrogens with zero attached hydrogens (tertiary/aromatic N) is 8. The van der Waals surface area contributed by atoms with Gasteiger partial charge in [-0.25, -0.2) is 4.98 Å². The number of benzene rings is 3. The molecule has 0 saturated heterocycles. The highest BCUT2D eigenvalue weighted by Crippen LogP contribution is 2.46. The number of halogens is 2. The van der Waals surface area contributed by atoms with Crippen LogP contribution in [0.1, 0.15) is 78.7 Å². The lowest BCUT2D eigenvalue weighted by Gasteiger charge is -2.36. The molecule has 3 aromatic carbocycles. The van der Waals surface area contributed by atoms with Crippen LogP contribution < -0.4 is 9.64 Å². The van der Waals surface area contributed by atoms with Gasteiger partial charge < -0.3 is 23.2 Å². The van der Waals surface area contributed by atoms with Gasteiger partial charge in [0, 0.05) is 77.6 Å². The molecule has 7 aromatic rings. The number of aromatic nitrogens is 7. The molecule has 0 bridgehead atoms. The molecule has 0 saturated carbocycles. The fraction of sp³-hybridized carbons (Fsp3) is 0.417. The van der Waals surface area contributed by atoms with Crippen LogP contribution in [0.15, 0.2) is 55.0 Å². The van der Waals surface area contributed by atoms with Crippen LogP contribution in [-0.2, 0) is 31.5 Å². The molecule has 0 aliphatic carbocycles. The Balaban J connectivity index is 1.25. The molecule has 8 rings (SSSR count). The van der Waals surface area contributed by atoms with E-state index >= 15 is 4.79 Å². The van der Waals surface area contributed by atoms with Gasteiger partial charge in [0.1, 0.15) is 17.8 Å². The maximum Gasteiger partial charge on any atom is 0.275 e. The fourth-order valence-electron chi connectivity index (χ4n) is 8.84. The minimum Gasteiger partial charge on any atom is -0.494 e. The second-order valence-corrected chi connectivity index (χ2v) is 24.2. The van der Waals surface area contributed by atoms with Crippen molar-refractivity contribution in [1.29, 1.82) is 0 Å². The molecule has 0 N–H and O–H groups in total. The lowest BCUT2D eigenvalue weighted by Crippen LogP contribution is -2.42. The third-order valence-corrected chi connectivity index (χ3v) is 18.6. The number of ether oxygens (including phenoxy) is 1. The van der Waals surface area contributed by atoms with Crippen LogP contribution in [0, 0.1) is 27.7 Å². The van der Waals surface area contributed by atoms with Crippen molar-refractivity contribution >= 4 is 64.9 Å². The average molecular weight is 894 g/mol. The molecule has 1 amide bonds. The van der Waals surface area contributed by atoms with E-state index in [1.54, 1.807) is 11.0 Å². The Morgan fingerprint density at radius 3 is 2.29 bits per heavy atom. The topological polar surface area (TPSA) is 97.2 Å². The van der Waals surface area contributed by atoms with Gasteiger partial charge in [-0.1, -0.05) is 50.0 Å². The molecule has 0 radical (unpaired) electrons. The highest BCUT2D eigenvalue weighted by Gasteiger charge is 2.39. The first-order valence-electron chi connectivity index (χ1n) is 21.5. The number of carbonyl (C=O) groups is 1. The van der Waals surface area contributed by atoms with Gasteiger partial charge in [0.2, 0.25) is 0 Å². The standard InChI is InChI=1S/C48H58Cl2N8O3Si/c1-28-22-34(23-29(2)43(28)50)60-20-13-14-35-36-16-17-38(49)42(41-31(4)52-55(10)32(41)5)44(36)58-30(3)25-57(47(59)45(35)58)40-26-56(19-21-61-62(11,12)48(6,7)8)39-18-15-33(24-37(39)40)46-51-27-54(9)53-46/h15-18,22-24,26-27,30H,13-14,19-21,25H2,1-12H3. The molecule has 1 aliphatic heterocycles. The van der Waals surface area contributed by atoms with Gasteiger partial charge >= 0.3 is 0 Å². The van der Waals surface area contributed by atoms with Crippen molar-refractivity contribution in [2.75, 3.05) is 24.7 Å². The van der Waals surface area contributed by atoms with E-state index in [1.165, 1.54) is 0 Å². The molecule has 326 valence electrons. The van der Waals surface area contributed by atoms with Crippen LogP contribution in [0.4, 0.5) is 5.69 Å². The van der Waals surface area contributed by atoms with Crippen molar-refractivity contribution < 1.29 is 14.0 Å². The molecule has 0 spiro atoms. The summed E-state index contributed by atoms with van der Waals surface area (Å²) in [6.45, 7) is 23.8. The van der Waals surface area contributed by atoms with Gasteiger partial charge in [0.25, 0.3) is 5.91 Å². The van der Waals surface area contributed by atoms with Crippen molar-refractivity contribution in [1.82, 2.24) is 33.7 Å². The summed E-state index contributed by atoms with van der Waals surface area (Å²) in [6.07, 6.45) is 5.14. The van der Waals surface area contributed by atoms with Crippen LogP contribution in [0.2, 0.25) is 28.2 Å². The van der Waals surface area contributed by atoms with E-state index in [2.05, 4.69) is 97.4 Å². The van der Waals surface area contributed by atoms with E-state index in [1.807, 2.05) is 62.6 Å². The van der Waals surface area contributed by atoms with Crippen molar-refractivity contribution in [3.8, 4) is 28.3 Å². The zero-order valence-corrected chi connectivity index (χ0v) is 40.6. The van der Waals surface area contributed by atoms with E-state index < -0.39 is 8.32 Å². The van der Waals surface area contributed by atoms with E-state index in [-0.39, 0.29) is 17.0 Å². The zero-order valence-electron chi connectivity index (χ0n) is 38.1. The van der Waals surface area contributed by atoms with E-state index in [0.717, 1.165) is 83.0 Å². The Labute approximate surface area is 375 Å². The number of hydrogen-bond donors (Lipinski definition) is 0. The minimum atomic E-state index is -1.99. The molecule has 0 fully saturated rings. The summed E-state index contributed by atoms with van der Waals surface area (Å²) < 4.78 is 21.1. The molecule has 62 heavy (non-hydrogen) atoms. The summed E-state index contributed by atoms with van der Waals surface area (Å²) in [6, 6.07) is 14.2. The maximum absolute atomic E-state index is 15.6. The SMILES string of the molecule is Cc1cc(OCCCc2c3n(c4c(-c5c(C)nn(C)c5C)c(Cl)ccc24)C(C)CN(c2cn(CCO[Si](C)(C)C(C)(C)C)c4ccc(-c5ncn(C)n5)cc24)C3=O)cc(C)c1Cl. The van der Waals surface area contributed by atoms with Gasteiger partial charge in [-0.3, -0.25) is 14.2 Å². The van der Waals surface area contributed by atoms with Gasteiger partial charge in [0.15, 0.2) is 14.1 Å². The lowest BCUT2D eigenvalue weighted by atomic mass is 9.98. The lowest BCUT2D eigenvalue weighted by molar-refractivity contribution is 0.0957. The predicted molar refractivity (Wildman–Crippen MR) is 255 cm³/mol. The molecule has 4 aromatic heterocycles. The molecule has 5 heterocycles. The van der Waals surface area contributed by atoms with E-state index in [9.17, 15) is 0 Å². The second kappa shape index (κ2) is 16.3. The average Bonchev–Trinajstić information content (AvgIpc) is 3.95. The number of amides is 1. The van der Waals surface area contributed by atoms with Gasteiger partial charge in [-0.05, 0) is 119 Å². The molecule has 11 nitrogen and oxygen atoms in total. The molecular formula is C48H58Cl2N8O3Si. The summed E-state index contributed by atoms with van der Waals surface area (Å²) in [5, 5.41) is 12.8. The van der Waals surface area contributed by atoms with Crippen molar-refractivity contribution in [3.05, 3.63) is 98.8 Å². The van der Waals surface area contributed by atoms with Crippen LogP contribution >= 0.6 is 23.2 Å². The Morgan fingerprint density at radius 2 is 1.65 bits per heavy atom. The molecule has 14 heteroatoms. The zero-order chi connectivity index (χ0) is 44.6. The molecule has 1 atom stereocenters. The summed E-state index contributed by atoms with van der Waals surface area (Å²) in [7, 11) is 1.83. The normalized spacial score (nSPS) is 14.8. The number of rotatable bonds is 12. The number of anilines is 1. The predicted octanol–water partition coefficient (Wildman–Crippen LogP) is 11.6. The number of carbonyl (C=O) groups excluding carboxylic acids is 1. The van der Waals surface area contributed by atoms with E-state index in [0.29, 0.717) is 55.7 Å². The van der Waals surface area contributed by atoms with Crippen LogP contribution in [0.25, 0.3) is 44.3 Å². The molecule has 1 aliphatic rings. The first-order chi connectivity index (χ1) is 29.3. The maximum atomic E-state index is 15.6. The third kappa shape index (κ3) is 7.67. The number of aryl methyl sites for hydroxylation is 6. The first kappa shape index (κ1) is 43.8. The number of fused-ring (bicyclic) bond motifs is 4. The fourth-order valence-corrected chi connectivity index (χ4v) is 10.2. The third-order valence-electron chi connectivity index (χ3n) is 13.2. The van der Waals surface area contributed by atoms with Gasteiger partial charge in [-0.15, -0.1) is 0 Å². The molecular weight excluding hydrogens is 836 g/mol. The van der Waals surface area contributed by atoms with Crippen molar-refractivity contribution in [2.24, 2.45) is 14.1 Å². The highest BCUT2D eigenvalue weighted by molar-refractivity contribution is 6.74. The Hall–Kier alpha value is -4.88. The summed E-state index contributed by atoms with van der Waals surface area (Å²) in [5.41, 5.74) is 11.1. The quantitative estimate of drug-likeness (QED) is 0.0895. The number of hydrogen-bond acceptors (Lipinski definition) is 6. The highest BCUT2D eigenvalue weighted by atomic mass is 35.5. The van der Waals surface area contributed by atoms with E-state index in [4.69, 9.17) is 37.5 Å². The van der Waals surface area contributed by atoms with Crippen molar-refractivity contribution in [3.63, 3.8) is 0 Å². The van der Waals surface area contributed by atoms with Crippen molar-refractivity contribution in [2.45, 2.75) is 99.0 Å². The minimum absolute atomic E-state index is 0.0567. The second-order valence-electron chi connectivity index (χ2n) is 18.6. The van der Waals surface area contributed by atoms with Gasteiger partial charge in [-0.2, -0.15) is 10.2 Å². The Bertz CT molecular complexity index is 2860. The Kier molecular flexibility index (Phi) is 11.5. The first-order valence-corrected chi connectivity index (χ1v) is 25.1. The Morgan fingerprint density at radius 1 is 0.919 bits per heavy atom. The summed E-state index contributed by atoms with van der Waals surface area (Å²) >= 11 is 13.7.